The normalized spacial score (nSPS) is 10.3. The van der Waals surface area contributed by atoms with Crippen LogP contribution < -0.4 is 10.6 Å². The number of nitrogens with one attached hydrogen (secondary N) is 2. The Morgan fingerprint density at radius 1 is 1.19 bits per heavy atom. The summed E-state index contributed by atoms with van der Waals surface area (Å²) in [7, 11) is 0. The number of hydrogen-bond acceptors (Lipinski definition) is 3. The van der Waals surface area contributed by atoms with E-state index in [0.717, 1.165) is 5.56 Å². The van der Waals surface area contributed by atoms with Crippen LogP contribution in [0.4, 0.5) is 4.39 Å². The lowest BCUT2D eigenvalue weighted by molar-refractivity contribution is -0.120. The second-order valence-electron chi connectivity index (χ2n) is 4.66. The number of hydrogen-bond donors (Lipinski definition) is 2. The van der Waals surface area contributed by atoms with Crippen molar-refractivity contribution in [3.05, 3.63) is 65.7 Å². The molecule has 110 valence electrons. The SMILES string of the molecule is O=C(CNCc1cccnc1)NCCc1ccccc1F. The third-order valence-electron chi connectivity index (χ3n) is 3.01. The molecule has 0 spiro atoms. The lowest BCUT2D eigenvalue weighted by atomic mass is 10.1. The zero-order chi connectivity index (χ0) is 14.9. The van der Waals surface area contributed by atoms with Gasteiger partial charge in [-0.3, -0.25) is 9.78 Å². The largest absolute Gasteiger partial charge is 0.355 e. The monoisotopic (exact) mass is 287 g/mol. The number of rotatable bonds is 7. The molecular formula is C16H18FN3O. The molecule has 0 aliphatic carbocycles. The fourth-order valence-electron chi connectivity index (χ4n) is 1.92. The van der Waals surface area contributed by atoms with E-state index >= 15 is 0 Å². The number of carbonyl (C=O) groups is 1. The number of aromatic nitrogens is 1. The molecule has 5 heteroatoms. The summed E-state index contributed by atoms with van der Waals surface area (Å²) >= 11 is 0. The molecule has 0 saturated heterocycles. The molecule has 1 amide bonds. The third kappa shape index (κ3) is 5.31. The molecule has 1 aromatic carbocycles. The molecule has 0 bridgehead atoms. The van der Waals surface area contributed by atoms with E-state index in [1.54, 1.807) is 30.6 Å². The first-order valence-electron chi connectivity index (χ1n) is 6.85. The fourth-order valence-corrected chi connectivity index (χ4v) is 1.92. The van der Waals surface area contributed by atoms with Crippen LogP contribution in [0.25, 0.3) is 0 Å². The van der Waals surface area contributed by atoms with Gasteiger partial charge in [0, 0.05) is 25.5 Å². The molecule has 2 rings (SSSR count). The number of pyridine rings is 1. The first-order chi connectivity index (χ1) is 10.3. The summed E-state index contributed by atoms with van der Waals surface area (Å²) in [6, 6.07) is 10.4. The van der Waals surface area contributed by atoms with Crippen molar-refractivity contribution in [1.82, 2.24) is 15.6 Å². The van der Waals surface area contributed by atoms with Gasteiger partial charge in [-0.1, -0.05) is 24.3 Å². The lowest BCUT2D eigenvalue weighted by Crippen LogP contribution is -2.34. The van der Waals surface area contributed by atoms with E-state index < -0.39 is 0 Å². The number of amides is 1. The third-order valence-corrected chi connectivity index (χ3v) is 3.01. The maximum Gasteiger partial charge on any atom is 0.233 e. The van der Waals surface area contributed by atoms with Gasteiger partial charge in [-0.15, -0.1) is 0 Å². The summed E-state index contributed by atoms with van der Waals surface area (Å²) in [4.78, 5) is 15.6. The van der Waals surface area contributed by atoms with Gasteiger partial charge in [0.05, 0.1) is 6.54 Å². The standard InChI is InChI=1S/C16H18FN3O/c17-15-6-2-1-5-14(15)7-9-20-16(21)12-19-11-13-4-3-8-18-10-13/h1-6,8,10,19H,7,9,11-12H2,(H,20,21). The van der Waals surface area contributed by atoms with Gasteiger partial charge in [-0.2, -0.15) is 0 Å². The number of halogens is 1. The summed E-state index contributed by atoms with van der Waals surface area (Å²) in [6.07, 6.45) is 3.95. The van der Waals surface area contributed by atoms with Gasteiger partial charge >= 0.3 is 0 Å². The van der Waals surface area contributed by atoms with Gasteiger partial charge in [-0.05, 0) is 29.7 Å². The average Bonchev–Trinajstić information content (AvgIpc) is 2.50. The first kappa shape index (κ1) is 15.1. The molecule has 0 aliphatic heterocycles. The van der Waals surface area contributed by atoms with Crippen molar-refractivity contribution >= 4 is 5.91 Å². The number of benzene rings is 1. The van der Waals surface area contributed by atoms with Crippen LogP contribution in [0.1, 0.15) is 11.1 Å². The van der Waals surface area contributed by atoms with E-state index in [2.05, 4.69) is 15.6 Å². The van der Waals surface area contributed by atoms with Crippen LogP contribution in [0.5, 0.6) is 0 Å². The van der Waals surface area contributed by atoms with Crippen LogP contribution in [0.15, 0.2) is 48.8 Å². The van der Waals surface area contributed by atoms with E-state index in [0.29, 0.717) is 25.1 Å². The minimum Gasteiger partial charge on any atom is -0.355 e. The van der Waals surface area contributed by atoms with Crippen molar-refractivity contribution in [3.8, 4) is 0 Å². The molecule has 1 aromatic heterocycles. The highest BCUT2D eigenvalue weighted by Gasteiger charge is 2.03. The van der Waals surface area contributed by atoms with Crippen molar-refractivity contribution in [2.45, 2.75) is 13.0 Å². The summed E-state index contributed by atoms with van der Waals surface area (Å²) in [6.45, 7) is 1.25. The van der Waals surface area contributed by atoms with Crippen LogP contribution in [-0.4, -0.2) is 24.0 Å². The Kier molecular flexibility index (Phi) is 5.84. The summed E-state index contributed by atoms with van der Waals surface area (Å²) < 4.78 is 13.4. The van der Waals surface area contributed by atoms with E-state index in [1.165, 1.54) is 6.07 Å². The summed E-state index contributed by atoms with van der Waals surface area (Å²) in [5.41, 5.74) is 1.64. The van der Waals surface area contributed by atoms with Crippen LogP contribution >= 0.6 is 0 Å². The maximum atomic E-state index is 13.4. The molecule has 4 nitrogen and oxygen atoms in total. The van der Waals surface area contributed by atoms with Gasteiger partial charge in [0.1, 0.15) is 5.82 Å². The van der Waals surface area contributed by atoms with Crippen LogP contribution in [-0.2, 0) is 17.8 Å². The minimum atomic E-state index is -0.235. The average molecular weight is 287 g/mol. The van der Waals surface area contributed by atoms with Crippen molar-refractivity contribution in [2.24, 2.45) is 0 Å². The predicted octanol–water partition coefficient (Wildman–Crippen LogP) is 1.67. The summed E-state index contributed by atoms with van der Waals surface area (Å²) in [5.74, 6) is -0.336. The molecule has 0 atom stereocenters. The molecule has 2 N–H and O–H groups in total. The zero-order valence-corrected chi connectivity index (χ0v) is 11.7. The Hall–Kier alpha value is -2.27. The van der Waals surface area contributed by atoms with Crippen LogP contribution in [0.3, 0.4) is 0 Å². The Balaban J connectivity index is 1.63. The quantitative estimate of drug-likeness (QED) is 0.814. The van der Waals surface area contributed by atoms with Crippen molar-refractivity contribution in [3.63, 3.8) is 0 Å². The molecule has 0 unspecified atom stereocenters. The Bertz CT molecular complexity index is 575. The second kappa shape index (κ2) is 8.11. The van der Waals surface area contributed by atoms with Crippen LogP contribution in [0, 0.1) is 5.82 Å². The van der Waals surface area contributed by atoms with E-state index in [9.17, 15) is 9.18 Å². The number of carbonyl (C=O) groups excluding carboxylic acids is 1. The van der Waals surface area contributed by atoms with Crippen molar-refractivity contribution in [1.29, 1.82) is 0 Å². The molecule has 21 heavy (non-hydrogen) atoms. The van der Waals surface area contributed by atoms with Gasteiger partial charge in [0.25, 0.3) is 0 Å². The molecule has 0 fully saturated rings. The first-order valence-corrected chi connectivity index (χ1v) is 6.85. The Morgan fingerprint density at radius 3 is 2.81 bits per heavy atom. The number of nitrogens with zero attached hydrogens (tertiary/aromatic N) is 1. The predicted molar refractivity (Wildman–Crippen MR) is 79.1 cm³/mol. The highest BCUT2D eigenvalue weighted by atomic mass is 19.1. The van der Waals surface area contributed by atoms with Gasteiger partial charge in [0.15, 0.2) is 0 Å². The molecule has 2 aromatic rings. The fraction of sp³-hybridized carbons (Fsp3) is 0.250. The van der Waals surface area contributed by atoms with E-state index in [4.69, 9.17) is 0 Å². The highest BCUT2D eigenvalue weighted by Crippen LogP contribution is 2.05. The Labute approximate surface area is 123 Å². The Morgan fingerprint density at radius 2 is 2.05 bits per heavy atom. The van der Waals surface area contributed by atoms with Crippen molar-refractivity contribution < 1.29 is 9.18 Å². The highest BCUT2D eigenvalue weighted by molar-refractivity contribution is 5.77. The van der Waals surface area contributed by atoms with Gasteiger partial charge < -0.3 is 10.6 Å². The summed E-state index contributed by atoms with van der Waals surface area (Å²) in [5, 5.41) is 5.80. The molecule has 0 aliphatic rings. The molecule has 1 heterocycles. The smallest absolute Gasteiger partial charge is 0.233 e. The van der Waals surface area contributed by atoms with E-state index in [1.807, 2.05) is 12.1 Å². The topological polar surface area (TPSA) is 54.0 Å². The van der Waals surface area contributed by atoms with Gasteiger partial charge in [0.2, 0.25) is 5.91 Å². The van der Waals surface area contributed by atoms with Crippen molar-refractivity contribution in [2.75, 3.05) is 13.1 Å². The second-order valence-corrected chi connectivity index (χ2v) is 4.66. The molecular weight excluding hydrogens is 269 g/mol. The minimum absolute atomic E-state index is 0.102. The lowest BCUT2D eigenvalue weighted by Gasteiger charge is -2.07. The van der Waals surface area contributed by atoms with Crippen LogP contribution in [0.2, 0.25) is 0 Å². The maximum absolute atomic E-state index is 13.4. The zero-order valence-electron chi connectivity index (χ0n) is 11.7. The van der Waals surface area contributed by atoms with Gasteiger partial charge in [-0.25, -0.2) is 4.39 Å². The molecule has 0 saturated carbocycles. The van der Waals surface area contributed by atoms with E-state index in [-0.39, 0.29) is 18.3 Å². The molecule has 0 radical (unpaired) electrons.